The van der Waals surface area contributed by atoms with Crippen LogP contribution in [0.3, 0.4) is 0 Å². The molecule has 1 aromatic carbocycles. The number of non-ortho nitro benzene ring substituents is 1. The molecule has 2 aromatic heterocycles. The summed E-state index contributed by atoms with van der Waals surface area (Å²) < 4.78 is 22.1. The second-order valence-electron chi connectivity index (χ2n) is 7.17. The molecule has 34 heavy (non-hydrogen) atoms. The van der Waals surface area contributed by atoms with E-state index >= 15 is 0 Å². The van der Waals surface area contributed by atoms with E-state index in [1.165, 1.54) is 41.0 Å². The van der Waals surface area contributed by atoms with E-state index in [0.29, 0.717) is 11.3 Å². The normalized spacial score (nSPS) is 23.9. The summed E-state index contributed by atoms with van der Waals surface area (Å²) in [5, 5.41) is 42.0. The van der Waals surface area contributed by atoms with Gasteiger partial charge in [-0.25, -0.2) is 19.5 Å². The number of phosphoric ester groups is 1. The molecule has 0 spiro atoms. The predicted molar refractivity (Wildman–Crippen MR) is 113 cm³/mol. The van der Waals surface area contributed by atoms with Gasteiger partial charge in [-0.1, -0.05) is 23.9 Å². The Hall–Kier alpha value is -2.53. The van der Waals surface area contributed by atoms with Gasteiger partial charge >= 0.3 is 7.82 Å². The van der Waals surface area contributed by atoms with E-state index in [1.807, 2.05) is 0 Å². The Labute approximate surface area is 194 Å². The lowest BCUT2D eigenvalue weighted by atomic mass is 10.1. The van der Waals surface area contributed by atoms with Crippen molar-refractivity contribution < 1.29 is 43.9 Å². The Balaban J connectivity index is 1.62. The largest absolute Gasteiger partial charge is 0.472 e. The first-order valence-corrected chi connectivity index (χ1v) is 12.0. The van der Waals surface area contributed by atoms with E-state index < -0.39 is 43.6 Å². The van der Waals surface area contributed by atoms with Gasteiger partial charge < -0.3 is 29.8 Å². The zero-order valence-corrected chi connectivity index (χ0v) is 18.6. The minimum Gasteiger partial charge on any atom is -0.387 e. The molecule has 182 valence electrons. The molecule has 1 fully saturated rings. The lowest BCUT2D eigenvalue weighted by Crippen LogP contribution is -2.39. The minimum absolute atomic E-state index is 0.0603. The van der Waals surface area contributed by atoms with Crippen molar-refractivity contribution in [3.8, 4) is 0 Å². The van der Waals surface area contributed by atoms with Crippen molar-refractivity contribution in [1.29, 1.82) is 0 Å². The fourth-order valence-corrected chi connectivity index (χ4v) is 4.74. The molecule has 0 radical (unpaired) electrons. The molecule has 0 bridgehead atoms. The number of nitrogens with zero attached hydrogens (tertiary/aromatic N) is 5. The summed E-state index contributed by atoms with van der Waals surface area (Å²) in [6, 6.07) is 5.87. The van der Waals surface area contributed by atoms with Crippen molar-refractivity contribution in [3.05, 3.63) is 52.5 Å². The van der Waals surface area contributed by atoms with Crippen LogP contribution < -0.4 is 0 Å². The van der Waals surface area contributed by atoms with Crippen molar-refractivity contribution in [2.75, 3.05) is 0 Å². The smallest absolute Gasteiger partial charge is 0.387 e. The third-order valence-electron chi connectivity index (χ3n) is 4.89. The first-order chi connectivity index (χ1) is 16.0. The zero-order valence-electron chi connectivity index (χ0n) is 16.9. The molecular weight excluding hydrogens is 497 g/mol. The highest BCUT2D eigenvalue weighted by Gasteiger charge is 2.49. The zero-order chi connectivity index (χ0) is 24.6. The fourth-order valence-electron chi connectivity index (χ4n) is 3.36. The Morgan fingerprint density at radius 1 is 1.26 bits per heavy atom. The van der Waals surface area contributed by atoms with Gasteiger partial charge in [0.2, 0.25) is 0 Å². The first kappa shape index (κ1) is 24.6. The van der Waals surface area contributed by atoms with Crippen LogP contribution in [0, 0.1) is 10.1 Å². The average Bonchev–Trinajstić information content (AvgIpc) is 3.28. The Morgan fingerprint density at radius 2 is 1.97 bits per heavy atom. The molecule has 1 saturated heterocycles. The van der Waals surface area contributed by atoms with E-state index in [-0.39, 0.29) is 16.5 Å². The van der Waals surface area contributed by atoms with Crippen LogP contribution >= 0.6 is 19.6 Å². The summed E-state index contributed by atoms with van der Waals surface area (Å²) in [5.41, 5.74) is 1.23. The average molecular weight is 515 g/mol. The number of nitro groups is 1. The fraction of sp³-hybridized carbons (Fsp3) is 0.353. The van der Waals surface area contributed by atoms with Gasteiger partial charge in [0, 0.05) is 17.9 Å². The van der Waals surface area contributed by atoms with E-state index in [4.69, 9.17) is 14.5 Å². The molecule has 3 heterocycles. The number of imidazole rings is 1. The maximum Gasteiger partial charge on any atom is 0.472 e. The number of phosphoric acid groups is 1. The van der Waals surface area contributed by atoms with Gasteiger partial charge in [-0.15, -0.1) is 0 Å². The van der Waals surface area contributed by atoms with Crippen LogP contribution in [0.1, 0.15) is 11.8 Å². The Morgan fingerprint density at radius 3 is 2.62 bits per heavy atom. The number of benzene rings is 1. The topological polar surface area (TPSA) is 223 Å². The SMILES string of the molecule is O=[N+]([O-])c1ccc(CSc2nc3cncnc3n2[C@@H]2O[C@H](C(O)OP(=O)(O)O)[C@@H](O)[C@H]2O)cc1. The van der Waals surface area contributed by atoms with Gasteiger partial charge in [-0.3, -0.25) is 19.2 Å². The molecular formula is C17H18N5O10PS. The first-order valence-electron chi connectivity index (χ1n) is 9.53. The molecule has 15 nitrogen and oxygen atoms in total. The van der Waals surface area contributed by atoms with Crippen LogP contribution in [-0.4, -0.2) is 74.2 Å². The van der Waals surface area contributed by atoms with Crippen molar-refractivity contribution in [1.82, 2.24) is 19.5 Å². The van der Waals surface area contributed by atoms with Crippen molar-refractivity contribution in [3.63, 3.8) is 0 Å². The summed E-state index contributed by atoms with van der Waals surface area (Å²) in [5.74, 6) is 0.313. The highest BCUT2D eigenvalue weighted by atomic mass is 32.2. The lowest BCUT2D eigenvalue weighted by Gasteiger charge is -2.21. The second-order valence-corrected chi connectivity index (χ2v) is 9.30. The maximum absolute atomic E-state index is 11.0. The molecule has 4 rings (SSSR count). The number of aromatic nitrogens is 4. The molecule has 1 unspecified atom stereocenters. The molecule has 5 N–H and O–H groups in total. The molecule has 1 aliphatic rings. The summed E-state index contributed by atoms with van der Waals surface area (Å²) in [4.78, 5) is 40.6. The summed E-state index contributed by atoms with van der Waals surface area (Å²) in [6.45, 7) is 0. The summed E-state index contributed by atoms with van der Waals surface area (Å²) in [6.07, 6.45) is -6.06. The van der Waals surface area contributed by atoms with Crippen molar-refractivity contribution in [2.24, 2.45) is 0 Å². The van der Waals surface area contributed by atoms with Gasteiger partial charge in [-0.05, 0) is 5.56 Å². The molecule has 0 saturated carbocycles. The van der Waals surface area contributed by atoms with Gasteiger partial charge in [0.1, 0.15) is 30.2 Å². The van der Waals surface area contributed by atoms with E-state index in [9.17, 15) is 30.0 Å². The highest BCUT2D eigenvalue weighted by Crippen LogP contribution is 2.42. The number of ether oxygens (including phenoxy) is 1. The third-order valence-corrected chi connectivity index (χ3v) is 6.41. The van der Waals surface area contributed by atoms with Crippen LogP contribution in [0.5, 0.6) is 0 Å². The van der Waals surface area contributed by atoms with Crippen molar-refractivity contribution in [2.45, 2.75) is 41.7 Å². The van der Waals surface area contributed by atoms with Gasteiger partial charge in [-0.2, -0.15) is 0 Å². The van der Waals surface area contributed by atoms with Crippen LogP contribution in [0.2, 0.25) is 0 Å². The van der Waals surface area contributed by atoms with Gasteiger partial charge in [0.05, 0.1) is 11.1 Å². The quantitative estimate of drug-likeness (QED) is 0.0880. The van der Waals surface area contributed by atoms with E-state index in [2.05, 4.69) is 19.5 Å². The van der Waals surface area contributed by atoms with Crippen LogP contribution in [0.15, 0.2) is 41.9 Å². The van der Waals surface area contributed by atoms with Crippen LogP contribution in [-0.2, 0) is 19.6 Å². The number of hydrogen-bond acceptors (Lipinski definition) is 12. The minimum atomic E-state index is -5.11. The number of aliphatic hydroxyl groups is 3. The molecule has 17 heteroatoms. The summed E-state index contributed by atoms with van der Waals surface area (Å²) >= 11 is 1.17. The molecule has 1 aliphatic heterocycles. The molecule has 3 aromatic rings. The monoisotopic (exact) mass is 515 g/mol. The highest BCUT2D eigenvalue weighted by molar-refractivity contribution is 7.98. The standard InChI is InChI=1S/C17H18N5O10PS/c23-11-12(24)15(31-13(11)16(25)32-33(28,29)30)21-14-10(5-18-7-19-14)20-17(21)34-6-8-1-3-9(4-2-8)22(26)27/h1-5,7,11-13,15-16,23-25H,6H2,(H2,28,29,30)/t11-,12+,13-,15+,16?/m0/s1. The Bertz CT molecular complexity index is 1240. The van der Waals surface area contributed by atoms with Crippen LogP contribution in [0.25, 0.3) is 11.2 Å². The van der Waals surface area contributed by atoms with E-state index in [0.717, 1.165) is 5.56 Å². The predicted octanol–water partition coefficient (Wildman–Crippen LogP) is 0.0737. The number of hydrogen-bond donors (Lipinski definition) is 5. The van der Waals surface area contributed by atoms with Gasteiger partial charge in [0.15, 0.2) is 23.3 Å². The number of rotatable bonds is 8. The molecule has 0 amide bonds. The number of thioether (sulfide) groups is 1. The van der Waals surface area contributed by atoms with E-state index in [1.54, 1.807) is 12.1 Å². The number of fused-ring (bicyclic) bond motifs is 1. The Kier molecular flexibility index (Phi) is 6.95. The number of aliphatic hydroxyl groups excluding tert-OH is 3. The van der Waals surface area contributed by atoms with Crippen molar-refractivity contribution >= 4 is 36.4 Å². The van der Waals surface area contributed by atoms with Gasteiger partial charge in [0.25, 0.3) is 5.69 Å². The lowest BCUT2D eigenvalue weighted by molar-refractivity contribution is -0.384. The second kappa shape index (κ2) is 9.61. The molecule has 0 aliphatic carbocycles. The van der Waals surface area contributed by atoms with Crippen LogP contribution in [0.4, 0.5) is 5.69 Å². The molecule has 5 atom stereocenters. The number of nitro benzene ring substituents is 1. The maximum atomic E-state index is 11.0. The summed E-state index contributed by atoms with van der Waals surface area (Å²) in [7, 11) is -5.11. The third kappa shape index (κ3) is 5.10.